The fraction of sp³-hybridized carbons (Fsp3) is 0.167. The highest BCUT2D eigenvalue weighted by molar-refractivity contribution is 5.50. The lowest BCUT2D eigenvalue weighted by atomic mass is 10.2. The molecule has 1 aromatic carbocycles. The first-order chi connectivity index (χ1) is 12.6. The molecule has 7 nitrogen and oxygen atoms in total. The minimum atomic E-state index is -0.285. The number of halogens is 1. The van der Waals surface area contributed by atoms with Crippen molar-refractivity contribution in [3.05, 3.63) is 72.1 Å². The molecule has 0 aliphatic rings. The van der Waals surface area contributed by atoms with Gasteiger partial charge in [-0.3, -0.25) is 0 Å². The van der Waals surface area contributed by atoms with Gasteiger partial charge in [-0.15, -0.1) is 5.10 Å². The van der Waals surface area contributed by atoms with Crippen LogP contribution >= 0.6 is 0 Å². The Morgan fingerprint density at radius 3 is 2.69 bits per heavy atom. The highest BCUT2D eigenvalue weighted by atomic mass is 19.1. The van der Waals surface area contributed by atoms with Gasteiger partial charge in [-0.25, -0.2) is 13.8 Å². The van der Waals surface area contributed by atoms with Gasteiger partial charge in [0.05, 0.1) is 24.1 Å². The topological polar surface area (TPSA) is 81.9 Å². The Hall–Kier alpha value is -3.26. The lowest BCUT2D eigenvalue weighted by molar-refractivity contribution is 0.248. The molecule has 0 saturated carbocycles. The average Bonchev–Trinajstić information content (AvgIpc) is 3.40. The summed E-state index contributed by atoms with van der Waals surface area (Å²) in [6, 6.07) is 9.47. The van der Waals surface area contributed by atoms with Gasteiger partial charge in [0.1, 0.15) is 23.9 Å². The van der Waals surface area contributed by atoms with Crippen LogP contribution in [0.15, 0.2) is 59.4 Å². The Morgan fingerprint density at radius 1 is 1.15 bits per heavy atom. The fourth-order valence-electron chi connectivity index (χ4n) is 2.62. The number of hydrogen-bond acceptors (Lipinski definition) is 5. The maximum atomic E-state index is 13.1. The highest BCUT2D eigenvalue weighted by Crippen LogP contribution is 2.23. The van der Waals surface area contributed by atoms with E-state index in [1.54, 1.807) is 46.0 Å². The molecule has 0 amide bonds. The number of aromatic nitrogens is 5. The summed E-state index contributed by atoms with van der Waals surface area (Å²) >= 11 is 0. The molecule has 0 aliphatic heterocycles. The van der Waals surface area contributed by atoms with E-state index in [2.05, 4.69) is 15.4 Å². The van der Waals surface area contributed by atoms with Crippen LogP contribution < -0.4 is 0 Å². The molecular weight excluding hydrogens is 337 g/mol. The van der Waals surface area contributed by atoms with Gasteiger partial charge in [0.25, 0.3) is 0 Å². The lowest BCUT2D eigenvalue weighted by Gasteiger charge is -2.08. The Bertz CT molecular complexity index is 1020. The number of benzene rings is 1. The second kappa shape index (κ2) is 6.57. The van der Waals surface area contributed by atoms with Crippen molar-refractivity contribution < 1.29 is 13.9 Å². The highest BCUT2D eigenvalue weighted by Gasteiger charge is 2.15. The van der Waals surface area contributed by atoms with Crippen LogP contribution in [0, 0.1) is 5.82 Å². The molecule has 0 aliphatic carbocycles. The number of rotatable bonds is 5. The van der Waals surface area contributed by atoms with E-state index in [1.165, 1.54) is 12.1 Å². The standard InChI is InChI=1S/C18H16FN5O2/c1-12(13-8-20-24(9-13)15-4-2-14(19)3-5-15)23-10-17(21-22-23)18-7-6-16(11-25)26-18/h2-10,12,25H,11H2,1H3/t12-/m1/s1. The zero-order chi connectivity index (χ0) is 18.1. The maximum Gasteiger partial charge on any atom is 0.156 e. The van der Waals surface area contributed by atoms with Gasteiger partial charge >= 0.3 is 0 Å². The Morgan fingerprint density at radius 2 is 1.96 bits per heavy atom. The monoisotopic (exact) mass is 353 g/mol. The van der Waals surface area contributed by atoms with Crippen molar-refractivity contribution in [1.29, 1.82) is 0 Å². The van der Waals surface area contributed by atoms with Crippen LogP contribution in [0.4, 0.5) is 4.39 Å². The van der Waals surface area contributed by atoms with Gasteiger partial charge in [-0.2, -0.15) is 5.10 Å². The van der Waals surface area contributed by atoms with Crippen LogP contribution in [-0.4, -0.2) is 29.9 Å². The van der Waals surface area contributed by atoms with Crippen molar-refractivity contribution >= 4 is 0 Å². The minimum Gasteiger partial charge on any atom is -0.457 e. The predicted molar refractivity (Wildman–Crippen MR) is 91.0 cm³/mol. The van der Waals surface area contributed by atoms with Gasteiger partial charge in [-0.05, 0) is 43.3 Å². The molecule has 1 atom stereocenters. The Labute approximate surface area is 148 Å². The van der Waals surface area contributed by atoms with Crippen LogP contribution in [0.5, 0.6) is 0 Å². The van der Waals surface area contributed by atoms with Crippen LogP contribution in [0.3, 0.4) is 0 Å². The summed E-state index contributed by atoms with van der Waals surface area (Å²) in [4.78, 5) is 0. The number of hydrogen-bond donors (Lipinski definition) is 1. The molecule has 0 spiro atoms. The summed E-state index contributed by atoms with van der Waals surface area (Å²) in [5.41, 5.74) is 2.29. The third kappa shape index (κ3) is 3.02. The predicted octanol–water partition coefficient (Wildman–Crippen LogP) is 2.96. The van der Waals surface area contributed by atoms with E-state index in [4.69, 9.17) is 9.52 Å². The molecule has 0 unspecified atom stereocenters. The van der Waals surface area contributed by atoms with Gasteiger partial charge in [0.2, 0.25) is 0 Å². The Balaban J connectivity index is 1.56. The summed E-state index contributed by atoms with van der Waals surface area (Å²) in [5.74, 6) is 0.740. The first kappa shape index (κ1) is 16.2. The van der Waals surface area contributed by atoms with Gasteiger partial charge in [0.15, 0.2) is 5.76 Å². The summed E-state index contributed by atoms with van der Waals surface area (Å²) in [6.07, 6.45) is 5.39. The molecule has 0 bridgehead atoms. The first-order valence-corrected chi connectivity index (χ1v) is 8.06. The summed E-state index contributed by atoms with van der Waals surface area (Å²) in [5, 5.41) is 21.7. The van der Waals surface area contributed by atoms with Gasteiger partial charge < -0.3 is 9.52 Å². The molecule has 8 heteroatoms. The second-order valence-corrected chi connectivity index (χ2v) is 5.88. The van der Waals surface area contributed by atoms with Crippen LogP contribution in [-0.2, 0) is 6.61 Å². The molecule has 0 fully saturated rings. The van der Waals surface area contributed by atoms with E-state index in [0.29, 0.717) is 17.2 Å². The van der Waals surface area contributed by atoms with E-state index in [0.717, 1.165) is 11.3 Å². The quantitative estimate of drug-likeness (QED) is 0.596. The van der Waals surface area contributed by atoms with Crippen LogP contribution in [0.1, 0.15) is 24.3 Å². The molecule has 0 saturated heterocycles. The molecular formula is C18H16FN5O2. The molecule has 4 rings (SSSR count). The van der Waals surface area contributed by atoms with Crippen molar-refractivity contribution in [3.8, 4) is 17.1 Å². The van der Waals surface area contributed by atoms with E-state index < -0.39 is 0 Å². The fourth-order valence-corrected chi connectivity index (χ4v) is 2.62. The first-order valence-electron chi connectivity index (χ1n) is 8.06. The van der Waals surface area contributed by atoms with Crippen molar-refractivity contribution in [2.24, 2.45) is 0 Å². The largest absolute Gasteiger partial charge is 0.457 e. The molecule has 0 radical (unpaired) electrons. The summed E-state index contributed by atoms with van der Waals surface area (Å²) < 4.78 is 21.9. The molecule has 3 aromatic heterocycles. The summed E-state index contributed by atoms with van der Waals surface area (Å²) in [7, 11) is 0. The molecule has 26 heavy (non-hydrogen) atoms. The van der Waals surface area contributed by atoms with E-state index in [1.807, 2.05) is 13.1 Å². The van der Waals surface area contributed by atoms with Crippen LogP contribution in [0.25, 0.3) is 17.1 Å². The van der Waals surface area contributed by atoms with Gasteiger partial charge in [0, 0.05) is 11.8 Å². The zero-order valence-corrected chi connectivity index (χ0v) is 14.0. The average molecular weight is 353 g/mol. The van der Waals surface area contributed by atoms with Crippen LogP contribution in [0.2, 0.25) is 0 Å². The van der Waals surface area contributed by atoms with Crippen molar-refractivity contribution in [2.45, 2.75) is 19.6 Å². The molecule has 4 aromatic rings. The van der Waals surface area contributed by atoms with Crippen molar-refractivity contribution in [2.75, 3.05) is 0 Å². The minimum absolute atomic E-state index is 0.0993. The van der Waals surface area contributed by atoms with Crippen molar-refractivity contribution in [3.63, 3.8) is 0 Å². The summed E-state index contributed by atoms with van der Waals surface area (Å²) in [6.45, 7) is 1.82. The Kier molecular flexibility index (Phi) is 4.10. The van der Waals surface area contributed by atoms with Gasteiger partial charge in [-0.1, -0.05) is 5.21 Å². The van der Waals surface area contributed by atoms with E-state index in [9.17, 15) is 4.39 Å². The number of aliphatic hydroxyl groups is 1. The smallest absolute Gasteiger partial charge is 0.156 e. The lowest BCUT2D eigenvalue weighted by Crippen LogP contribution is -2.06. The van der Waals surface area contributed by atoms with E-state index >= 15 is 0 Å². The van der Waals surface area contributed by atoms with Crippen molar-refractivity contribution in [1.82, 2.24) is 24.8 Å². The number of nitrogens with zero attached hydrogens (tertiary/aromatic N) is 5. The second-order valence-electron chi connectivity index (χ2n) is 5.88. The number of furan rings is 1. The molecule has 3 heterocycles. The third-order valence-electron chi connectivity index (χ3n) is 4.15. The normalized spacial score (nSPS) is 12.4. The SMILES string of the molecule is C[C@H](c1cnn(-c2ccc(F)cc2)c1)n1cc(-c2ccc(CO)o2)nn1. The molecule has 1 N–H and O–H groups in total. The number of aliphatic hydroxyl groups excluding tert-OH is 1. The third-order valence-corrected chi connectivity index (χ3v) is 4.15. The zero-order valence-electron chi connectivity index (χ0n) is 14.0. The van der Waals surface area contributed by atoms with E-state index in [-0.39, 0.29) is 18.5 Å². The maximum absolute atomic E-state index is 13.1. The molecule has 132 valence electrons.